The van der Waals surface area contributed by atoms with Gasteiger partial charge in [-0.2, -0.15) is 5.26 Å². The van der Waals surface area contributed by atoms with Crippen LogP contribution in [0.2, 0.25) is 0 Å². The van der Waals surface area contributed by atoms with Crippen molar-refractivity contribution in [2.75, 3.05) is 6.54 Å². The summed E-state index contributed by atoms with van der Waals surface area (Å²) in [6, 6.07) is 9.05. The first-order valence-corrected chi connectivity index (χ1v) is 4.22. The maximum atomic E-state index is 10.8. The molecule has 0 saturated carbocycles. The number of hydrogen-bond donors (Lipinski definition) is 2. The summed E-state index contributed by atoms with van der Waals surface area (Å²) in [7, 11) is 0. The zero-order valence-electron chi connectivity index (χ0n) is 7.66. The van der Waals surface area contributed by atoms with Crippen LogP contribution in [0, 0.1) is 11.3 Å². The molecule has 1 aromatic carbocycles. The third-order valence-corrected chi connectivity index (χ3v) is 1.76. The lowest BCUT2D eigenvalue weighted by molar-refractivity contribution is -0.119. The van der Waals surface area contributed by atoms with Crippen molar-refractivity contribution >= 4 is 5.91 Å². The molecule has 4 nitrogen and oxygen atoms in total. The molecule has 0 bridgehead atoms. The Labute approximate surface area is 82.3 Å². The number of nitrogens with one attached hydrogen (secondary N) is 1. The summed E-state index contributed by atoms with van der Waals surface area (Å²) < 4.78 is 0. The van der Waals surface area contributed by atoms with Crippen molar-refractivity contribution in [2.24, 2.45) is 5.73 Å². The Balaban J connectivity index is 2.53. The molecule has 0 saturated heterocycles. The highest BCUT2D eigenvalue weighted by Gasteiger charge is 1.97. The quantitative estimate of drug-likeness (QED) is 0.709. The molecule has 1 amide bonds. The molecule has 0 aromatic heterocycles. The normalized spacial score (nSPS) is 9.14. The van der Waals surface area contributed by atoms with E-state index in [1.807, 2.05) is 6.07 Å². The highest BCUT2D eigenvalue weighted by atomic mass is 16.1. The van der Waals surface area contributed by atoms with Crippen LogP contribution in [-0.4, -0.2) is 12.5 Å². The van der Waals surface area contributed by atoms with Crippen LogP contribution in [0.25, 0.3) is 0 Å². The molecule has 0 atom stereocenters. The molecule has 72 valence electrons. The van der Waals surface area contributed by atoms with E-state index >= 15 is 0 Å². The lowest BCUT2D eigenvalue weighted by Gasteiger charge is -2.02. The SMILES string of the molecule is N#Cc1ccc(CNC(=O)CN)cc1. The number of carbonyl (C=O) groups is 1. The monoisotopic (exact) mass is 189 g/mol. The fraction of sp³-hybridized carbons (Fsp3) is 0.200. The molecule has 0 aliphatic rings. The van der Waals surface area contributed by atoms with Crippen molar-refractivity contribution in [3.63, 3.8) is 0 Å². The molecule has 1 rings (SSSR count). The van der Waals surface area contributed by atoms with E-state index in [2.05, 4.69) is 5.32 Å². The van der Waals surface area contributed by atoms with Crippen molar-refractivity contribution in [1.82, 2.24) is 5.32 Å². The minimum Gasteiger partial charge on any atom is -0.351 e. The summed E-state index contributed by atoms with van der Waals surface area (Å²) in [6.07, 6.45) is 0. The van der Waals surface area contributed by atoms with Crippen molar-refractivity contribution < 1.29 is 4.79 Å². The molecule has 1 aromatic rings. The van der Waals surface area contributed by atoms with Gasteiger partial charge in [0.25, 0.3) is 0 Å². The van der Waals surface area contributed by atoms with Gasteiger partial charge in [0, 0.05) is 6.54 Å². The van der Waals surface area contributed by atoms with Crippen molar-refractivity contribution in [1.29, 1.82) is 5.26 Å². The molecule has 0 spiro atoms. The third kappa shape index (κ3) is 2.88. The minimum absolute atomic E-state index is 0.00369. The van der Waals surface area contributed by atoms with Gasteiger partial charge in [0.15, 0.2) is 0 Å². The number of hydrogen-bond acceptors (Lipinski definition) is 3. The van der Waals surface area contributed by atoms with Crippen LogP contribution < -0.4 is 11.1 Å². The number of nitrogens with zero attached hydrogens (tertiary/aromatic N) is 1. The molecule has 0 unspecified atom stereocenters. The van der Waals surface area contributed by atoms with Gasteiger partial charge in [-0.05, 0) is 17.7 Å². The van der Waals surface area contributed by atoms with Crippen LogP contribution in [0.1, 0.15) is 11.1 Å². The van der Waals surface area contributed by atoms with Gasteiger partial charge in [-0.3, -0.25) is 4.79 Å². The van der Waals surface area contributed by atoms with E-state index in [1.54, 1.807) is 24.3 Å². The van der Waals surface area contributed by atoms with Gasteiger partial charge in [-0.15, -0.1) is 0 Å². The highest BCUT2D eigenvalue weighted by Crippen LogP contribution is 2.02. The Kier molecular flexibility index (Phi) is 3.65. The van der Waals surface area contributed by atoms with Crippen LogP contribution >= 0.6 is 0 Å². The predicted molar refractivity (Wildman–Crippen MR) is 52.1 cm³/mol. The molecule has 0 heterocycles. The van der Waals surface area contributed by atoms with Gasteiger partial charge in [0.2, 0.25) is 5.91 Å². The molecule has 0 radical (unpaired) electrons. The van der Waals surface area contributed by atoms with Gasteiger partial charge in [0.1, 0.15) is 0 Å². The molecule has 0 aliphatic carbocycles. The predicted octanol–water partition coefficient (Wildman–Crippen LogP) is 0.133. The summed E-state index contributed by atoms with van der Waals surface area (Å²) in [5, 5.41) is 11.2. The second kappa shape index (κ2) is 5.00. The average Bonchev–Trinajstić information content (AvgIpc) is 2.26. The zero-order valence-corrected chi connectivity index (χ0v) is 7.66. The van der Waals surface area contributed by atoms with Gasteiger partial charge in [-0.25, -0.2) is 0 Å². The first-order chi connectivity index (χ1) is 6.76. The summed E-state index contributed by atoms with van der Waals surface area (Å²) in [5.74, 6) is -0.186. The van der Waals surface area contributed by atoms with Crippen molar-refractivity contribution in [2.45, 2.75) is 6.54 Å². The number of carbonyl (C=O) groups excluding carboxylic acids is 1. The van der Waals surface area contributed by atoms with Crippen LogP contribution in [0.4, 0.5) is 0 Å². The maximum Gasteiger partial charge on any atom is 0.234 e. The molecule has 0 fully saturated rings. The van der Waals surface area contributed by atoms with E-state index in [0.717, 1.165) is 5.56 Å². The molecule has 3 N–H and O–H groups in total. The van der Waals surface area contributed by atoms with E-state index in [-0.39, 0.29) is 12.5 Å². The van der Waals surface area contributed by atoms with Crippen molar-refractivity contribution in [3.8, 4) is 6.07 Å². The molecule has 4 heteroatoms. The number of benzene rings is 1. The first kappa shape index (κ1) is 10.2. The average molecular weight is 189 g/mol. The summed E-state index contributed by atoms with van der Waals surface area (Å²) in [5.41, 5.74) is 6.69. The lowest BCUT2D eigenvalue weighted by Crippen LogP contribution is -2.29. The summed E-state index contributed by atoms with van der Waals surface area (Å²) >= 11 is 0. The standard InChI is InChI=1S/C10H11N3O/c11-5-8-1-3-9(4-2-8)7-13-10(14)6-12/h1-4H,6-7,12H2,(H,13,14). The van der Waals surface area contributed by atoms with Gasteiger partial charge in [0.05, 0.1) is 18.2 Å². The van der Waals surface area contributed by atoms with E-state index in [1.165, 1.54) is 0 Å². The van der Waals surface area contributed by atoms with Gasteiger partial charge >= 0.3 is 0 Å². The maximum absolute atomic E-state index is 10.8. The second-order valence-corrected chi connectivity index (χ2v) is 2.79. The Morgan fingerprint density at radius 3 is 2.57 bits per heavy atom. The van der Waals surface area contributed by atoms with Crippen LogP contribution in [0.3, 0.4) is 0 Å². The largest absolute Gasteiger partial charge is 0.351 e. The van der Waals surface area contributed by atoms with Crippen LogP contribution in [0.15, 0.2) is 24.3 Å². The van der Waals surface area contributed by atoms with Crippen LogP contribution in [0.5, 0.6) is 0 Å². The smallest absolute Gasteiger partial charge is 0.234 e. The van der Waals surface area contributed by atoms with E-state index < -0.39 is 0 Å². The highest BCUT2D eigenvalue weighted by molar-refractivity contribution is 5.77. The Morgan fingerprint density at radius 1 is 1.43 bits per heavy atom. The third-order valence-electron chi connectivity index (χ3n) is 1.76. The number of rotatable bonds is 3. The molecular weight excluding hydrogens is 178 g/mol. The Morgan fingerprint density at radius 2 is 2.07 bits per heavy atom. The zero-order chi connectivity index (χ0) is 10.4. The van der Waals surface area contributed by atoms with E-state index in [9.17, 15) is 4.79 Å². The Hall–Kier alpha value is -1.86. The number of amides is 1. The van der Waals surface area contributed by atoms with Gasteiger partial charge < -0.3 is 11.1 Å². The summed E-state index contributed by atoms with van der Waals surface area (Å²) in [4.78, 5) is 10.8. The number of nitrogens with two attached hydrogens (primary N) is 1. The van der Waals surface area contributed by atoms with Gasteiger partial charge in [-0.1, -0.05) is 12.1 Å². The van der Waals surface area contributed by atoms with Crippen molar-refractivity contribution in [3.05, 3.63) is 35.4 Å². The topological polar surface area (TPSA) is 78.9 Å². The van der Waals surface area contributed by atoms with Crippen LogP contribution in [-0.2, 0) is 11.3 Å². The number of nitriles is 1. The summed E-state index contributed by atoms with van der Waals surface area (Å²) in [6.45, 7) is 0.442. The van der Waals surface area contributed by atoms with E-state index in [4.69, 9.17) is 11.0 Å². The molecule has 14 heavy (non-hydrogen) atoms. The minimum atomic E-state index is -0.186. The van der Waals surface area contributed by atoms with E-state index in [0.29, 0.717) is 12.1 Å². The molecule has 0 aliphatic heterocycles. The fourth-order valence-corrected chi connectivity index (χ4v) is 0.970. The fourth-order valence-electron chi connectivity index (χ4n) is 0.970. The molecular formula is C10H11N3O. The first-order valence-electron chi connectivity index (χ1n) is 4.22. The lowest BCUT2D eigenvalue weighted by atomic mass is 10.1. The second-order valence-electron chi connectivity index (χ2n) is 2.79. The Bertz CT molecular complexity index is 351.